The third-order valence-corrected chi connectivity index (χ3v) is 4.24. The van der Waals surface area contributed by atoms with Gasteiger partial charge in [-0.15, -0.1) is 11.3 Å². The summed E-state index contributed by atoms with van der Waals surface area (Å²) in [5.74, 6) is -0.899. The van der Waals surface area contributed by atoms with Gasteiger partial charge in [0, 0.05) is 17.2 Å². The molecule has 0 aliphatic rings. The SMILES string of the molecule is CS(=O)(=O)Cc1ccc(-c2csc(CC(=O)O)n2)cc1. The molecule has 0 saturated carbocycles. The molecule has 0 amide bonds. The van der Waals surface area contributed by atoms with Crippen LogP contribution in [0.25, 0.3) is 11.3 Å². The second-order valence-corrected chi connectivity index (χ2v) is 7.55. The van der Waals surface area contributed by atoms with Gasteiger partial charge in [-0.25, -0.2) is 13.4 Å². The molecule has 2 aromatic rings. The van der Waals surface area contributed by atoms with Gasteiger partial charge in [0.1, 0.15) is 5.01 Å². The van der Waals surface area contributed by atoms with Crippen molar-refractivity contribution in [3.05, 3.63) is 40.2 Å². The summed E-state index contributed by atoms with van der Waals surface area (Å²) < 4.78 is 22.4. The normalized spacial score (nSPS) is 11.4. The quantitative estimate of drug-likeness (QED) is 0.912. The van der Waals surface area contributed by atoms with Crippen LogP contribution in [0.1, 0.15) is 10.6 Å². The number of aliphatic carboxylic acids is 1. The number of hydrogen-bond acceptors (Lipinski definition) is 5. The Morgan fingerprint density at radius 1 is 1.30 bits per heavy atom. The van der Waals surface area contributed by atoms with Gasteiger partial charge in [0.15, 0.2) is 9.84 Å². The second-order valence-electron chi connectivity index (χ2n) is 4.46. The van der Waals surface area contributed by atoms with Crippen LogP contribution in [0.15, 0.2) is 29.6 Å². The van der Waals surface area contributed by atoms with Crippen molar-refractivity contribution < 1.29 is 18.3 Å². The van der Waals surface area contributed by atoms with Crippen LogP contribution >= 0.6 is 11.3 Å². The average molecular weight is 311 g/mol. The summed E-state index contributed by atoms with van der Waals surface area (Å²) in [6, 6.07) is 7.07. The molecule has 106 valence electrons. The summed E-state index contributed by atoms with van der Waals surface area (Å²) in [5.41, 5.74) is 2.27. The Kier molecular flexibility index (Phi) is 4.20. The molecule has 0 unspecified atom stereocenters. The molecule has 0 fully saturated rings. The number of rotatable bonds is 5. The van der Waals surface area contributed by atoms with Gasteiger partial charge in [0.05, 0.1) is 17.9 Å². The Morgan fingerprint density at radius 3 is 2.50 bits per heavy atom. The standard InChI is InChI=1S/C13H13NO4S2/c1-20(17,18)8-9-2-4-10(5-3-9)11-7-19-12(14-11)6-13(15)16/h2-5,7H,6,8H2,1H3,(H,15,16). The van der Waals surface area contributed by atoms with Crippen molar-refractivity contribution in [2.24, 2.45) is 0 Å². The predicted molar refractivity (Wildman–Crippen MR) is 77.4 cm³/mol. The molecule has 1 aromatic heterocycles. The van der Waals surface area contributed by atoms with Gasteiger partial charge >= 0.3 is 5.97 Å². The monoisotopic (exact) mass is 311 g/mol. The highest BCUT2D eigenvalue weighted by Gasteiger charge is 2.09. The first-order valence-corrected chi connectivity index (χ1v) is 8.71. The molecule has 20 heavy (non-hydrogen) atoms. The average Bonchev–Trinajstić information content (AvgIpc) is 2.75. The summed E-state index contributed by atoms with van der Waals surface area (Å²) in [7, 11) is -3.04. The fourth-order valence-corrected chi connectivity index (χ4v) is 3.32. The molecule has 7 heteroatoms. The number of benzene rings is 1. The zero-order chi connectivity index (χ0) is 14.8. The van der Waals surface area contributed by atoms with E-state index in [0.717, 1.165) is 11.1 Å². The van der Waals surface area contributed by atoms with Crippen LogP contribution in [-0.2, 0) is 26.8 Å². The summed E-state index contributed by atoms with van der Waals surface area (Å²) >= 11 is 1.30. The molecule has 1 N–H and O–H groups in total. The number of carbonyl (C=O) groups is 1. The summed E-state index contributed by atoms with van der Waals surface area (Å²) in [6.07, 6.45) is 1.11. The highest BCUT2D eigenvalue weighted by atomic mass is 32.2. The van der Waals surface area contributed by atoms with E-state index in [1.54, 1.807) is 29.6 Å². The Hall–Kier alpha value is -1.73. The van der Waals surface area contributed by atoms with Crippen molar-refractivity contribution in [3.63, 3.8) is 0 Å². The summed E-state index contributed by atoms with van der Waals surface area (Å²) in [5, 5.41) is 11.0. The maximum Gasteiger partial charge on any atom is 0.310 e. The minimum absolute atomic E-state index is 0.00854. The van der Waals surface area contributed by atoms with E-state index in [2.05, 4.69) is 4.98 Å². The van der Waals surface area contributed by atoms with Crippen molar-refractivity contribution >= 4 is 27.1 Å². The number of thiazole rings is 1. The van der Waals surface area contributed by atoms with Gasteiger partial charge in [0.25, 0.3) is 0 Å². The summed E-state index contributed by atoms with van der Waals surface area (Å²) in [4.78, 5) is 14.8. The van der Waals surface area contributed by atoms with Crippen LogP contribution < -0.4 is 0 Å². The first-order chi connectivity index (χ1) is 9.33. The lowest BCUT2D eigenvalue weighted by Crippen LogP contribution is -2.00. The number of carboxylic acids is 1. The first-order valence-electron chi connectivity index (χ1n) is 5.77. The molecule has 2 rings (SSSR count). The van der Waals surface area contributed by atoms with Gasteiger partial charge in [-0.3, -0.25) is 4.79 Å². The topological polar surface area (TPSA) is 84.3 Å². The van der Waals surface area contributed by atoms with E-state index in [9.17, 15) is 13.2 Å². The third kappa shape index (κ3) is 4.14. The molecule has 1 heterocycles. The first kappa shape index (κ1) is 14.7. The maximum absolute atomic E-state index is 11.2. The molecule has 0 bridgehead atoms. The van der Waals surface area contributed by atoms with Crippen LogP contribution in [0.3, 0.4) is 0 Å². The molecule has 0 saturated heterocycles. The molecule has 0 spiro atoms. The van der Waals surface area contributed by atoms with Crippen molar-refractivity contribution in [1.29, 1.82) is 0 Å². The minimum atomic E-state index is -3.04. The van der Waals surface area contributed by atoms with E-state index in [-0.39, 0.29) is 12.2 Å². The number of carboxylic acid groups (broad SMARTS) is 1. The van der Waals surface area contributed by atoms with Crippen LogP contribution in [0, 0.1) is 0 Å². The zero-order valence-corrected chi connectivity index (χ0v) is 12.4. The Morgan fingerprint density at radius 2 is 1.95 bits per heavy atom. The lowest BCUT2D eigenvalue weighted by molar-refractivity contribution is -0.136. The highest BCUT2D eigenvalue weighted by molar-refractivity contribution is 7.89. The van der Waals surface area contributed by atoms with E-state index < -0.39 is 15.8 Å². The number of sulfone groups is 1. The van der Waals surface area contributed by atoms with Crippen molar-refractivity contribution in [3.8, 4) is 11.3 Å². The number of hydrogen-bond donors (Lipinski definition) is 1. The predicted octanol–water partition coefficient (Wildman–Crippen LogP) is 1.98. The molecular formula is C13H13NO4S2. The third-order valence-electron chi connectivity index (χ3n) is 2.53. The van der Waals surface area contributed by atoms with E-state index in [0.29, 0.717) is 10.7 Å². The molecule has 0 atom stereocenters. The van der Waals surface area contributed by atoms with Crippen LogP contribution in [0.4, 0.5) is 0 Å². The van der Waals surface area contributed by atoms with Crippen LogP contribution in [0.2, 0.25) is 0 Å². The van der Waals surface area contributed by atoms with Crippen molar-refractivity contribution in [2.75, 3.05) is 6.26 Å². The Bertz CT molecular complexity index is 717. The second kappa shape index (κ2) is 5.72. The van der Waals surface area contributed by atoms with Crippen molar-refractivity contribution in [2.45, 2.75) is 12.2 Å². The highest BCUT2D eigenvalue weighted by Crippen LogP contribution is 2.23. The maximum atomic E-state index is 11.2. The number of aromatic nitrogens is 1. The van der Waals surface area contributed by atoms with E-state index in [1.807, 2.05) is 0 Å². The Balaban J connectivity index is 2.17. The fraction of sp³-hybridized carbons (Fsp3) is 0.231. The largest absolute Gasteiger partial charge is 0.481 e. The zero-order valence-electron chi connectivity index (χ0n) is 10.7. The number of nitrogens with zero attached hydrogens (tertiary/aromatic N) is 1. The van der Waals surface area contributed by atoms with Gasteiger partial charge < -0.3 is 5.11 Å². The molecule has 1 aromatic carbocycles. The van der Waals surface area contributed by atoms with Crippen LogP contribution in [0.5, 0.6) is 0 Å². The Labute approximate surface area is 120 Å². The van der Waals surface area contributed by atoms with Gasteiger partial charge in [-0.1, -0.05) is 24.3 Å². The van der Waals surface area contributed by atoms with Gasteiger partial charge in [-0.05, 0) is 5.56 Å². The molecule has 0 aliphatic heterocycles. The minimum Gasteiger partial charge on any atom is -0.481 e. The van der Waals surface area contributed by atoms with Gasteiger partial charge in [-0.2, -0.15) is 0 Å². The van der Waals surface area contributed by atoms with Gasteiger partial charge in [0.2, 0.25) is 0 Å². The van der Waals surface area contributed by atoms with Crippen LogP contribution in [-0.4, -0.2) is 30.7 Å². The van der Waals surface area contributed by atoms with E-state index >= 15 is 0 Å². The van der Waals surface area contributed by atoms with E-state index in [1.165, 1.54) is 17.6 Å². The molecule has 0 aliphatic carbocycles. The molecular weight excluding hydrogens is 298 g/mol. The summed E-state index contributed by atoms with van der Waals surface area (Å²) in [6.45, 7) is 0. The fourth-order valence-electron chi connectivity index (χ4n) is 1.73. The smallest absolute Gasteiger partial charge is 0.310 e. The molecule has 0 radical (unpaired) electrons. The lowest BCUT2D eigenvalue weighted by atomic mass is 10.1. The lowest BCUT2D eigenvalue weighted by Gasteiger charge is -2.01. The van der Waals surface area contributed by atoms with E-state index in [4.69, 9.17) is 5.11 Å². The van der Waals surface area contributed by atoms with Crippen molar-refractivity contribution in [1.82, 2.24) is 4.98 Å². The molecule has 5 nitrogen and oxygen atoms in total.